The Labute approximate surface area is 298 Å². The van der Waals surface area contributed by atoms with Gasteiger partial charge in [-0.05, 0) is 65.1 Å². The number of hydrogen-bond donors (Lipinski definition) is 3. The summed E-state index contributed by atoms with van der Waals surface area (Å²) in [5.74, 6) is -0.0528. The quantitative estimate of drug-likeness (QED) is 0.116. The Balaban J connectivity index is 1.50. The normalized spacial score (nSPS) is 12.8. The fourth-order valence-corrected chi connectivity index (χ4v) is 7.22. The predicted molar refractivity (Wildman–Crippen MR) is 203 cm³/mol. The van der Waals surface area contributed by atoms with Crippen molar-refractivity contribution in [2.24, 2.45) is 11.1 Å². The highest BCUT2D eigenvalue weighted by molar-refractivity contribution is 8.13. The first-order valence-corrected chi connectivity index (χ1v) is 18.0. The van der Waals surface area contributed by atoms with Gasteiger partial charge in [0.05, 0.1) is 29.2 Å². The minimum absolute atomic E-state index is 0.105. The highest BCUT2D eigenvalue weighted by Gasteiger charge is 2.29. The maximum Gasteiger partial charge on any atom is 0.336 e. The maximum absolute atomic E-state index is 14.0. The molecule has 50 heavy (non-hydrogen) atoms. The van der Waals surface area contributed by atoms with Gasteiger partial charge in [0.1, 0.15) is 5.82 Å². The minimum Gasteiger partial charge on any atom is -0.478 e. The van der Waals surface area contributed by atoms with E-state index in [0.717, 1.165) is 51.7 Å². The van der Waals surface area contributed by atoms with E-state index in [0.29, 0.717) is 35.3 Å². The molecule has 1 aromatic heterocycles. The number of thioether (sulfide) groups is 1. The number of benzene rings is 4. The van der Waals surface area contributed by atoms with Gasteiger partial charge >= 0.3 is 5.97 Å². The summed E-state index contributed by atoms with van der Waals surface area (Å²) in [4.78, 5) is 44.7. The topological polar surface area (TPSA) is 127 Å². The third kappa shape index (κ3) is 8.52. The first-order chi connectivity index (χ1) is 23.9. The Morgan fingerprint density at radius 2 is 1.64 bits per heavy atom. The van der Waals surface area contributed by atoms with Crippen LogP contribution in [0.5, 0.6) is 0 Å². The zero-order valence-corrected chi connectivity index (χ0v) is 30.2. The average molecular weight is 691 g/mol. The van der Waals surface area contributed by atoms with Crippen LogP contribution in [0.15, 0.2) is 91.0 Å². The van der Waals surface area contributed by atoms with E-state index in [1.165, 1.54) is 0 Å². The van der Waals surface area contributed by atoms with Crippen LogP contribution in [0.25, 0.3) is 22.2 Å². The predicted octanol–water partition coefficient (Wildman–Crippen LogP) is 7.69. The van der Waals surface area contributed by atoms with E-state index in [1.807, 2.05) is 123 Å². The average Bonchev–Trinajstić information content (AvgIpc) is 3.44. The summed E-state index contributed by atoms with van der Waals surface area (Å²) in [5.41, 5.74) is 12.2. The van der Waals surface area contributed by atoms with Gasteiger partial charge in [0.25, 0.3) is 5.91 Å². The number of nitrogens with one attached hydrogen (secondary N) is 1. The van der Waals surface area contributed by atoms with Gasteiger partial charge in [0.2, 0.25) is 5.12 Å². The maximum atomic E-state index is 14.0. The fraction of sp³-hybridized carbons (Fsp3) is 0.317. The molecule has 5 rings (SSSR count). The Bertz CT molecular complexity index is 1980. The van der Waals surface area contributed by atoms with Crippen molar-refractivity contribution in [1.29, 1.82) is 0 Å². The lowest BCUT2D eigenvalue weighted by Gasteiger charge is -2.26. The molecule has 0 radical (unpaired) electrons. The molecule has 1 heterocycles. The van der Waals surface area contributed by atoms with E-state index in [9.17, 15) is 19.5 Å². The van der Waals surface area contributed by atoms with Crippen LogP contribution in [0.2, 0.25) is 0 Å². The van der Waals surface area contributed by atoms with Gasteiger partial charge in [-0.25, -0.2) is 9.78 Å². The SMILES string of the molecule is CCCc1nc2c(C)cc(C(=O)N[C@@H](CSC(=O)[C@@H](N)C(C)(C)C)Cc3ccccc3)cc2n1Cc1cccc(-c2ccccc2)c1C(=O)O. The molecule has 0 saturated carbocycles. The van der Waals surface area contributed by atoms with Crippen molar-refractivity contribution in [3.8, 4) is 11.1 Å². The summed E-state index contributed by atoms with van der Waals surface area (Å²) in [5, 5.41) is 13.5. The molecule has 0 aliphatic rings. The highest BCUT2D eigenvalue weighted by atomic mass is 32.2. The number of carbonyl (C=O) groups is 3. The van der Waals surface area contributed by atoms with E-state index in [-0.39, 0.29) is 34.6 Å². The fourth-order valence-electron chi connectivity index (χ4n) is 6.12. The molecule has 0 aliphatic heterocycles. The Kier molecular flexibility index (Phi) is 11.6. The van der Waals surface area contributed by atoms with Gasteiger partial charge in [0.15, 0.2) is 0 Å². The lowest BCUT2D eigenvalue weighted by Crippen LogP contribution is -2.43. The van der Waals surface area contributed by atoms with Crippen molar-refractivity contribution in [2.45, 2.75) is 72.5 Å². The van der Waals surface area contributed by atoms with Crippen LogP contribution >= 0.6 is 11.8 Å². The number of nitrogens with two attached hydrogens (primary N) is 1. The number of imidazole rings is 1. The Morgan fingerprint density at radius 3 is 2.28 bits per heavy atom. The molecule has 0 aliphatic carbocycles. The molecule has 0 saturated heterocycles. The van der Waals surface area contributed by atoms with Crippen molar-refractivity contribution in [1.82, 2.24) is 14.9 Å². The van der Waals surface area contributed by atoms with E-state index in [4.69, 9.17) is 10.7 Å². The number of carboxylic acids is 1. The molecule has 8 nitrogen and oxygen atoms in total. The van der Waals surface area contributed by atoms with Crippen molar-refractivity contribution >= 4 is 39.8 Å². The molecule has 0 fully saturated rings. The van der Waals surface area contributed by atoms with Crippen molar-refractivity contribution < 1.29 is 19.5 Å². The third-order valence-electron chi connectivity index (χ3n) is 8.91. The number of carboxylic acid groups (broad SMARTS) is 1. The molecular weight excluding hydrogens is 645 g/mol. The second-order valence-electron chi connectivity index (χ2n) is 13.9. The number of rotatable bonds is 13. The van der Waals surface area contributed by atoms with Crippen LogP contribution in [-0.2, 0) is 24.2 Å². The number of amides is 1. The molecule has 1 amide bonds. The molecule has 0 spiro atoms. The largest absolute Gasteiger partial charge is 0.478 e. The van der Waals surface area contributed by atoms with Crippen LogP contribution in [0.1, 0.15) is 77.3 Å². The van der Waals surface area contributed by atoms with Crippen LogP contribution in [0, 0.1) is 12.3 Å². The lowest BCUT2D eigenvalue weighted by molar-refractivity contribution is -0.114. The smallest absolute Gasteiger partial charge is 0.336 e. The van der Waals surface area contributed by atoms with E-state index in [2.05, 4.69) is 12.2 Å². The molecule has 0 bridgehead atoms. The van der Waals surface area contributed by atoms with Crippen molar-refractivity contribution in [2.75, 3.05) is 5.75 Å². The summed E-state index contributed by atoms with van der Waals surface area (Å²) >= 11 is 1.16. The van der Waals surface area contributed by atoms with Gasteiger partial charge in [-0.1, -0.05) is 118 Å². The molecule has 5 aromatic rings. The zero-order chi connectivity index (χ0) is 36.0. The van der Waals surface area contributed by atoms with Gasteiger partial charge < -0.3 is 20.7 Å². The van der Waals surface area contributed by atoms with Crippen LogP contribution < -0.4 is 11.1 Å². The molecular formula is C41H46N4O4S. The van der Waals surface area contributed by atoms with Crippen molar-refractivity contribution in [3.05, 3.63) is 125 Å². The second-order valence-corrected chi connectivity index (χ2v) is 14.9. The van der Waals surface area contributed by atoms with Crippen LogP contribution in [-0.4, -0.2) is 49.5 Å². The number of aromatic carboxylic acids is 1. The molecule has 4 N–H and O–H groups in total. The number of carbonyl (C=O) groups excluding carboxylic acids is 2. The van der Waals surface area contributed by atoms with E-state index in [1.54, 1.807) is 0 Å². The number of nitrogens with zero attached hydrogens (tertiary/aromatic N) is 2. The van der Waals surface area contributed by atoms with Gasteiger partial charge in [-0.15, -0.1) is 0 Å². The molecule has 260 valence electrons. The first kappa shape index (κ1) is 36.5. The summed E-state index contributed by atoms with van der Waals surface area (Å²) in [6.45, 7) is 10.1. The van der Waals surface area contributed by atoms with Gasteiger partial charge in [0, 0.05) is 23.8 Å². The van der Waals surface area contributed by atoms with Crippen LogP contribution in [0.4, 0.5) is 0 Å². The Morgan fingerprint density at radius 1 is 0.960 bits per heavy atom. The number of hydrogen-bond acceptors (Lipinski definition) is 6. The molecule has 2 atom stereocenters. The van der Waals surface area contributed by atoms with E-state index < -0.39 is 12.0 Å². The Hall–Kier alpha value is -4.73. The monoisotopic (exact) mass is 690 g/mol. The van der Waals surface area contributed by atoms with Gasteiger partial charge in [-0.3, -0.25) is 9.59 Å². The third-order valence-corrected chi connectivity index (χ3v) is 10.0. The summed E-state index contributed by atoms with van der Waals surface area (Å²) in [6.07, 6.45) is 2.09. The summed E-state index contributed by atoms with van der Waals surface area (Å²) in [7, 11) is 0. The summed E-state index contributed by atoms with van der Waals surface area (Å²) < 4.78 is 2.04. The number of aryl methyl sites for hydroxylation is 2. The lowest BCUT2D eigenvalue weighted by atomic mass is 9.88. The molecule has 4 aromatic carbocycles. The van der Waals surface area contributed by atoms with Gasteiger partial charge in [-0.2, -0.15) is 0 Å². The molecule has 0 unspecified atom stereocenters. The number of fused-ring (bicyclic) bond motifs is 1. The first-order valence-electron chi connectivity index (χ1n) is 17.0. The van der Waals surface area contributed by atoms with Crippen LogP contribution in [0.3, 0.4) is 0 Å². The standard InChI is InChI=1S/C41H46N4O4S/c1-6-14-34-44-36-26(2)21-30(38(46)43-31(22-27-15-9-7-10-16-27)25-50-40(49)37(42)41(3,4)5)23-33(36)45(34)24-29-19-13-20-32(35(29)39(47)48)28-17-11-8-12-18-28/h7-13,15-21,23,31,37H,6,14,22,24-25,42H2,1-5H3,(H,43,46)(H,47,48)/t31-,37-/m1/s1. The molecule has 9 heteroatoms. The highest BCUT2D eigenvalue weighted by Crippen LogP contribution is 2.30. The zero-order valence-electron chi connectivity index (χ0n) is 29.4. The summed E-state index contributed by atoms with van der Waals surface area (Å²) in [6, 6.07) is 27.7. The van der Waals surface area contributed by atoms with Crippen molar-refractivity contribution in [3.63, 3.8) is 0 Å². The number of aromatic nitrogens is 2. The second kappa shape index (κ2) is 15.9. The van der Waals surface area contributed by atoms with E-state index >= 15 is 0 Å². The minimum atomic E-state index is -0.999.